The number of nitrogens with one attached hydrogen (secondary N) is 1. The van der Waals surface area contributed by atoms with Crippen LogP contribution in [-0.4, -0.2) is 120 Å². The molecule has 0 spiro atoms. The number of carbonyl (C=O) groups is 4. The fourth-order valence-corrected chi connectivity index (χ4v) is 4.64. The van der Waals surface area contributed by atoms with Crippen LogP contribution in [0.2, 0.25) is 0 Å². The molecule has 226 valence electrons. The zero-order valence-corrected chi connectivity index (χ0v) is 21.8. The lowest BCUT2D eigenvalue weighted by Gasteiger charge is -2.39. The van der Waals surface area contributed by atoms with Crippen molar-refractivity contribution in [1.82, 2.24) is 5.32 Å². The first-order valence-electron chi connectivity index (χ1n) is 12.7. The van der Waals surface area contributed by atoms with E-state index in [-0.39, 0.29) is 23.6 Å². The number of nitrogens with zero attached hydrogens (tertiary/aromatic N) is 1. The number of ether oxygens (including phenoxy) is 3. The van der Waals surface area contributed by atoms with E-state index in [1.807, 2.05) is 0 Å². The number of benzene rings is 1. The molecule has 1 aromatic rings. The molecule has 42 heavy (non-hydrogen) atoms. The number of aliphatic hydroxyl groups excluding tert-OH is 3. The van der Waals surface area contributed by atoms with Crippen LogP contribution < -0.4 is 10.1 Å². The molecular weight excluding hydrogens is 564 g/mol. The Morgan fingerprint density at radius 3 is 2.48 bits per heavy atom. The number of rotatable bonds is 9. The molecule has 4 rings (SSSR count). The number of phenols is 1. The normalized spacial score (nSPS) is 28.9. The molecule has 0 saturated carbocycles. The molecule has 16 heteroatoms. The predicted molar refractivity (Wildman–Crippen MR) is 136 cm³/mol. The number of allylic oxidation sites excluding steroid dienone is 2. The maximum atomic E-state index is 11.5. The fraction of sp³-hybridized carbons (Fsp3) is 0.423. The summed E-state index contributed by atoms with van der Waals surface area (Å²) in [5.74, 6) is -5.52. The van der Waals surface area contributed by atoms with Gasteiger partial charge < -0.3 is 55.3 Å². The number of fused-ring (bicyclic) bond motifs is 1. The summed E-state index contributed by atoms with van der Waals surface area (Å²) in [5.41, 5.74) is 1.49. The number of hydrogen-bond donors (Lipinski definition) is 8. The van der Waals surface area contributed by atoms with Crippen LogP contribution in [0.15, 0.2) is 35.6 Å². The van der Waals surface area contributed by atoms with Gasteiger partial charge in [-0.15, -0.1) is 0 Å². The molecule has 0 aliphatic carbocycles. The van der Waals surface area contributed by atoms with Crippen LogP contribution in [0.25, 0.3) is 0 Å². The summed E-state index contributed by atoms with van der Waals surface area (Å²) in [5, 5.41) is 71.2. The summed E-state index contributed by atoms with van der Waals surface area (Å²) < 4.78 is 17.6. The van der Waals surface area contributed by atoms with Crippen molar-refractivity contribution < 1.29 is 73.7 Å². The van der Waals surface area contributed by atoms with Crippen LogP contribution >= 0.6 is 0 Å². The Kier molecular flexibility index (Phi) is 9.11. The van der Waals surface area contributed by atoms with Crippen LogP contribution in [0.3, 0.4) is 0 Å². The van der Waals surface area contributed by atoms with Gasteiger partial charge in [-0.3, -0.25) is 9.59 Å². The van der Waals surface area contributed by atoms with Crippen LogP contribution in [-0.2, 0) is 35.1 Å². The standard InChI is InChI=1S/C26H28N2O14/c29-16-8-15-12(2-4-28(15)3-1-11-5-13(24(36)37)27-14(6-11)25(38)39)7-17(16)41-26-23(35)22(34)21(33)18(42-26)10-40-20(32)9-19(30)31/h1,3,5,7-8,14,18,21-23,26,33-35H,2,4,6,9-10H2,(H4,29,30,31,36,37,38,39)/p+1/t14-,18+,21+,22-,23+,26+/m0/s1. The van der Waals surface area contributed by atoms with Gasteiger partial charge >= 0.3 is 23.9 Å². The highest BCUT2D eigenvalue weighted by atomic mass is 16.7. The minimum absolute atomic E-state index is 0.0470. The lowest BCUT2D eigenvalue weighted by Crippen LogP contribution is -2.60. The molecule has 0 unspecified atom stereocenters. The van der Waals surface area contributed by atoms with E-state index in [1.54, 1.807) is 16.9 Å². The van der Waals surface area contributed by atoms with Crippen molar-refractivity contribution in [2.75, 3.05) is 13.2 Å². The van der Waals surface area contributed by atoms with E-state index in [4.69, 9.17) is 19.3 Å². The summed E-state index contributed by atoms with van der Waals surface area (Å²) in [6.07, 6.45) is -4.09. The number of esters is 1. The molecule has 0 aromatic heterocycles. The number of carbonyl (C=O) groups excluding carboxylic acids is 1. The zero-order valence-electron chi connectivity index (χ0n) is 21.8. The molecule has 3 heterocycles. The lowest BCUT2D eigenvalue weighted by molar-refractivity contribution is -0.423. The summed E-state index contributed by atoms with van der Waals surface area (Å²) in [6, 6.07) is 1.75. The summed E-state index contributed by atoms with van der Waals surface area (Å²) in [7, 11) is 0. The number of aliphatic hydroxyl groups is 3. The second-order valence-corrected chi connectivity index (χ2v) is 9.77. The van der Waals surface area contributed by atoms with Gasteiger partial charge in [0.2, 0.25) is 12.0 Å². The number of hydrogen-bond acceptors (Lipinski definition) is 12. The fourth-order valence-electron chi connectivity index (χ4n) is 4.64. The molecule has 0 radical (unpaired) electrons. The topological polar surface area (TPSA) is 253 Å². The van der Waals surface area contributed by atoms with Crippen molar-refractivity contribution in [2.45, 2.75) is 56.0 Å². The Labute approximate surface area is 237 Å². The van der Waals surface area contributed by atoms with Gasteiger partial charge in [-0.05, 0) is 17.7 Å². The average Bonchev–Trinajstić information content (AvgIpc) is 3.32. The Hall–Kier alpha value is -4.51. The summed E-state index contributed by atoms with van der Waals surface area (Å²) in [4.78, 5) is 45.0. The second kappa shape index (κ2) is 12.6. The average molecular weight is 594 g/mol. The quantitative estimate of drug-likeness (QED) is 0.0894. The van der Waals surface area contributed by atoms with Crippen molar-refractivity contribution in [1.29, 1.82) is 0 Å². The molecule has 0 bridgehead atoms. The van der Waals surface area contributed by atoms with Gasteiger partial charge in [0.1, 0.15) is 49.2 Å². The molecule has 16 nitrogen and oxygen atoms in total. The highest BCUT2D eigenvalue weighted by molar-refractivity contribution is 5.90. The first-order valence-corrected chi connectivity index (χ1v) is 12.7. The molecule has 3 aliphatic heterocycles. The maximum Gasteiger partial charge on any atom is 0.351 e. The van der Waals surface area contributed by atoms with E-state index in [2.05, 4.69) is 5.32 Å². The molecule has 1 saturated heterocycles. The Morgan fingerprint density at radius 1 is 1.07 bits per heavy atom. The molecule has 8 N–H and O–H groups in total. The number of aliphatic carboxylic acids is 3. The van der Waals surface area contributed by atoms with Crippen LogP contribution in [0.1, 0.15) is 18.4 Å². The second-order valence-electron chi connectivity index (χ2n) is 9.77. The van der Waals surface area contributed by atoms with E-state index < -0.39 is 73.7 Å². The Morgan fingerprint density at radius 2 is 1.81 bits per heavy atom. The van der Waals surface area contributed by atoms with Crippen LogP contribution in [0.4, 0.5) is 5.69 Å². The number of carboxylic acid groups (broad SMARTS) is 3. The number of aromatic hydroxyl groups is 1. The van der Waals surface area contributed by atoms with E-state index in [1.165, 1.54) is 18.2 Å². The molecule has 1 aromatic carbocycles. The van der Waals surface area contributed by atoms with Gasteiger partial charge in [0.05, 0.1) is 6.07 Å². The minimum atomic E-state index is -1.78. The molecular formula is C26H29N2O14+. The third kappa shape index (κ3) is 6.85. The molecule has 3 aliphatic rings. The number of carboxylic acids is 3. The van der Waals surface area contributed by atoms with Crippen molar-refractivity contribution in [3.05, 3.63) is 41.1 Å². The Bertz CT molecular complexity index is 1370. The van der Waals surface area contributed by atoms with Crippen LogP contribution in [0.5, 0.6) is 11.5 Å². The summed E-state index contributed by atoms with van der Waals surface area (Å²) in [6.45, 7) is -0.185. The predicted octanol–water partition coefficient (Wildman–Crippen LogP) is -1.79. The first-order chi connectivity index (χ1) is 19.8. The van der Waals surface area contributed by atoms with Crippen molar-refractivity contribution in [2.24, 2.45) is 0 Å². The van der Waals surface area contributed by atoms with Crippen molar-refractivity contribution >= 4 is 35.8 Å². The first kappa shape index (κ1) is 30.4. The molecule has 1 fully saturated rings. The number of phenolic OH excluding ortho intramolecular Hbond substituents is 1. The Balaban J connectivity index is 1.50. The van der Waals surface area contributed by atoms with E-state index >= 15 is 0 Å². The van der Waals surface area contributed by atoms with Gasteiger partial charge in [-0.2, -0.15) is 4.58 Å². The minimum Gasteiger partial charge on any atom is -0.504 e. The summed E-state index contributed by atoms with van der Waals surface area (Å²) >= 11 is 0. The molecule has 6 atom stereocenters. The smallest absolute Gasteiger partial charge is 0.351 e. The van der Waals surface area contributed by atoms with E-state index in [0.29, 0.717) is 29.8 Å². The van der Waals surface area contributed by atoms with Crippen LogP contribution in [0, 0.1) is 0 Å². The molecule has 0 amide bonds. The monoisotopic (exact) mass is 593 g/mol. The van der Waals surface area contributed by atoms with Gasteiger partial charge in [-0.1, -0.05) is 0 Å². The van der Waals surface area contributed by atoms with E-state index in [0.717, 1.165) is 0 Å². The third-order valence-electron chi connectivity index (χ3n) is 6.80. The highest BCUT2D eigenvalue weighted by Gasteiger charge is 2.46. The third-order valence-corrected chi connectivity index (χ3v) is 6.80. The van der Waals surface area contributed by atoms with Crippen molar-refractivity contribution in [3.8, 4) is 11.5 Å². The lowest BCUT2D eigenvalue weighted by atomic mass is 9.99. The highest BCUT2D eigenvalue weighted by Crippen LogP contribution is 2.38. The van der Waals surface area contributed by atoms with Gasteiger partial charge in [0.15, 0.2) is 24.3 Å². The maximum absolute atomic E-state index is 11.5. The zero-order chi connectivity index (χ0) is 30.7. The van der Waals surface area contributed by atoms with E-state index in [9.17, 15) is 49.8 Å². The van der Waals surface area contributed by atoms with Gasteiger partial charge in [0, 0.05) is 24.5 Å². The SMILES string of the molecule is O=C(O)CC(=O)OC[C@H]1O[C@@H](Oc2cc3c(cc2O)[N+](=CC=C2C=C(C(=O)O)N[C@H](C(=O)O)C2)CC3)[C@H](O)[C@@H](O)[C@@H]1O. The van der Waals surface area contributed by atoms with Gasteiger partial charge in [0.25, 0.3) is 0 Å². The van der Waals surface area contributed by atoms with Gasteiger partial charge in [-0.25, -0.2) is 9.59 Å². The van der Waals surface area contributed by atoms with Crippen molar-refractivity contribution in [3.63, 3.8) is 0 Å². The largest absolute Gasteiger partial charge is 0.504 e.